The molecular formula is C16H26BrIN4OS. The first-order chi connectivity index (χ1) is 10.9. The number of nitrogens with one attached hydrogen (secondary N) is 2. The molecule has 2 N–H and O–H groups in total. The van der Waals surface area contributed by atoms with Gasteiger partial charge in [0, 0.05) is 30.9 Å². The van der Waals surface area contributed by atoms with Crippen LogP contribution in [0.3, 0.4) is 0 Å². The summed E-state index contributed by atoms with van der Waals surface area (Å²) in [7, 11) is 3.49. The number of aryl methyl sites for hydroxylation is 1. The Hall–Kier alpha value is -0.480. The molecule has 0 saturated carbocycles. The Kier molecular flexibility index (Phi) is 12.6. The van der Waals surface area contributed by atoms with Crippen LogP contribution < -0.4 is 10.6 Å². The Balaban J connectivity index is 0.00000529. The van der Waals surface area contributed by atoms with E-state index in [0.717, 1.165) is 22.3 Å². The summed E-state index contributed by atoms with van der Waals surface area (Å²) in [6.07, 6.45) is 2.06. The highest BCUT2D eigenvalue weighted by molar-refractivity contribution is 14.0. The van der Waals surface area contributed by atoms with Gasteiger partial charge in [-0.2, -0.15) is 11.8 Å². The third kappa shape index (κ3) is 9.12. The maximum Gasteiger partial charge on any atom is 0.241 e. The van der Waals surface area contributed by atoms with Crippen molar-refractivity contribution in [3.63, 3.8) is 0 Å². The number of nitrogens with zero attached hydrogens (tertiary/aromatic N) is 2. The van der Waals surface area contributed by atoms with Gasteiger partial charge in [0.25, 0.3) is 0 Å². The Morgan fingerprint density at radius 1 is 1.33 bits per heavy atom. The smallest absolute Gasteiger partial charge is 0.241 e. The third-order valence-corrected chi connectivity index (χ3v) is 4.32. The first kappa shape index (κ1) is 23.5. The molecule has 0 spiro atoms. The second-order valence-corrected chi connectivity index (χ2v) is 7.20. The van der Waals surface area contributed by atoms with E-state index in [9.17, 15) is 4.79 Å². The highest BCUT2D eigenvalue weighted by Crippen LogP contribution is 2.16. The number of likely N-dealkylation sites (N-methyl/N-ethyl adjacent to an activating group) is 1. The molecule has 1 aromatic carbocycles. The first-order valence-corrected chi connectivity index (χ1v) is 9.59. The normalized spacial score (nSPS) is 10.8. The monoisotopic (exact) mass is 528 g/mol. The molecule has 24 heavy (non-hydrogen) atoms. The van der Waals surface area contributed by atoms with Crippen molar-refractivity contribution in [3.8, 4) is 0 Å². The molecule has 0 unspecified atom stereocenters. The first-order valence-electron chi connectivity index (χ1n) is 7.40. The topological polar surface area (TPSA) is 56.7 Å². The summed E-state index contributed by atoms with van der Waals surface area (Å²) >= 11 is 5.23. The zero-order valence-electron chi connectivity index (χ0n) is 14.6. The number of benzene rings is 1. The second kappa shape index (κ2) is 12.8. The summed E-state index contributed by atoms with van der Waals surface area (Å²) < 4.78 is 1.07. The molecule has 0 aliphatic rings. The van der Waals surface area contributed by atoms with Crippen molar-refractivity contribution in [1.82, 2.24) is 15.5 Å². The van der Waals surface area contributed by atoms with E-state index in [-0.39, 0.29) is 36.4 Å². The Labute approximate surface area is 174 Å². The number of carbonyl (C=O) groups is 1. The average Bonchev–Trinajstić information content (AvgIpc) is 2.50. The van der Waals surface area contributed by atoms with Crippen LogP contribution in [0.5, 0.6) is 0 Å². The predicted molar refractivity (Wildman–Crippen MR) is 119 cm³/mol. The van der Waals surface area contributed by atoms with E-state index in [1.54, 1.807) is 30.8 Å². The SMILES string of the molecule is CSCCNC(=NCc1ccc(Br)cc1C)NCC(=O)N(C)C.I. The van der Waals surface area contributed by atoms with Crippen molar-refractivity contribution in [2.24, 2.45) is 4.99 Å². The molecule has 0 radical (unpaired) electrons. The van der Waals surface area contributed by atoms with E-state index in [1.165, 1.54) is 5.56 Å². The van der Waals surface area contributed by atoms with Gasteiger partial charge in [-0.1, -0.05) is 22.0 Å². The average molecular weight is 529 g/mol. The van der Waals surface area contributed by atoms with Gasteiger partial charge >= 0.3 is 0 Å². The number of hydrogen-bond acceptors (Lipinski definition) is 3. The van der Waals surface area contributed by atoms with Gasteiger partial charge in [-0.05, 0) is 36.4 Å². The Bertz CT molecular complexity index is 555. The maximum atomic E-state index is 11.7. The minimum Gasteiger partial charge on any atom is -0.356 e. The zero-order valence-corrected chi connectivity index (χ0v) is 19.3. The lowest BCUT2D eigenvalue weighted by Gasteiger charge is -2.15. The van der Waals surface area contributed by atoms with Gasteiger partial charge in [-0.25, -0.2) is 4.99 Å². The molecular weight excluding hydrogens is 503 g/mol. The number of guanidine groups is 1. The number of thioether (sulfide) groups is 1. The molecule has 1 rings (SSSR count). The maximum absolute atomic E-state index is 11.7. The molecule has 136 valence electrons. The van der Waals surface area contributed by atoms with Crippen LogP contribution in [0.1, 0.15) is 11.1 Å². The highest BCUT2D eigenvalue weighted by atomic mass is 127. The van der Waals surface area contributed by atoms with Crippen LogP contribution in [0.15, 0.2) is 27.7 Å². The standard InChI is InChI=1S/C16H25BrN4OS.HI/c1-12-9-14(17)6-5-13(12)10-19-16(18-7-8-23-4)20-11-15(22)21(2)3;/h5-6,9H,7-8,10-11H2,1-4H3,(H2,18,19,20);1H. The molecule has 1 amide bonds. The lowest BCUT2D eigenvalue weighted by molar-refractivity contribution is -0.127. The molecule has 5 nitrogen and oxygen atoms in total. The van der Waals surface area contributed by atoms with Crippen molar-refractivity contribution in [1.29, 1.82) is 0 Å². The number of rotatable bonds is 7. The molecule has 0 heterocycles. The molecule has 1 aromatic rings. The van der Waals surface area contributed by atoms with E-state index in [1.807, 2.05) is 6.07 Å². The fraction of sp³-hybridized carbons (Fsp3) is 0.500. The summed E-state index contributed by atoms with van der Waals surface area (Å²) in [5.41, 5.74) is 2.36. The lowest BCUT2D eigenvalue weighted by Crippen LogP contribution is -2.43. The van der Waals surface area contributed by atoms with Crippen molar-refractivity contribution < 1.29 is 4.79 Å². The van der Waals surface area contributed by atoms with E-state index in [0.29, 0.717) is 12.5 Å². The Morgan fingerprint density at radius 2 is 2.04 bits per heavy atom. The van der Waals surface area contributed by atoms with Crippen LogP contribution in [0, 0.1) is 6.92 Å². The molecule has 0 bridgehead atoms. The highest BCUT2D eigenvalue weighted by Gasteiger charge is 2.06. The summed E-state index contributed by atoms with van der Waals surface area (Å²) in [5, 5.41) is 6.34. The van der Waals surface area contributed by atoms with Crippen LogP contribution in [0.2, 0.25) is 0 Å². The van der Waals surface area contributed by atoms with Crippen LogP contribution in [0.4, 0.5) is 0 Å². The van der Waals surface area contributed by atoms with Crippen LogP contribution in [-0.2, 0) is 11.3 Å². The van der Waals surface area contributed by atoms with Crippen LogP contribution in [0.25, 0.3) is 0 Å². The van der Waals surface area contributed by atoms with Gasteiger partial charge in [0.15, 0.2) is 5.96 Å². The predicted octanol–water partition coefficient (Wildman–Crippen LogP) is 2.86. The zero-order chi connectivity index (χ0) is 17.2. The van der Waals surface area contributed by atoms with Gasteiger partial charge < -0.3 is 15.5 Å². The van der Waals surface area contributed by atoms with Gasteiger partial charge in [-0.15, -0.1) is 24.0 Å². The van der Waals surface area contributed by atoms with E-state index < -0.39 is 0 Å². The summed E-state index contributed by atoms with van der Waals surface area (Å²) in [4.78, 5) is 17.9. The largest absolute Gasteiger partial charge is 0.356 e. The van der Waals surface area contributed by atoms with E-state index >= 15 is 0 Å². The number of carbonyl (C=O) groups excluding carboxylic acids is 1. The van der Waals surface area contributed by atoms with Gasteiger partial charge in [-0.3, -0.25) is 4.79 Å². The fourth-order valence-electron chi connectivity index (χ4n) is 1.76. The molecule has 0 aliphatic carbocycles. The van der Waals surface area contributed by atoms with Gasteiger partial charge in [0.2, 0.25) is 5.91 Å². The lowest BCUT2D eigenvalue weighted by atomic mass is 10.1. The van der Waals surface area contributed by atoms with Crippen LogP contribution >= 0.6 is 51.7 Å². The van der Waals surface area contributed by atoms with E-state index in [4.69, 9.17) is 0 Å². The van der Waals surface area contributed by atoms with Crippen molar-refractivity contribution in [2.75, 3.05) is 39.2 Å². The third-order valence-electron chi connectivity index (χ3n) is 3.22. The summed E-state index contributed by atoms with van der Waals surface area (Å²) in [5.74, 6) is 1.67. The molecule has 0 saturated heterocycles. The summed E-state index contributed by atoms with van der Waals surface area (Å²) in [6, 6.07) is 6.16. The number of halogens is 2. The minimum atomic E-state index is 0. The van der Waals surface area contributed by atoms with Gasteiger partial charge in [0.1, 0.15) is 0 Å². The number of aliphatic imine (C=N–C) groups is 1. The molecule has 0 aromatic heterocycles. The Morgan fingerprint density at radius 3 is 2.62 bits per heavy atom. The quantitative estimate of drug-likeness (QED) is 0.247. The molecule has 0 atom stereocenters. The fourth-order valence-corrected chi connectivity index (χ4v) is 2.55. The van der Waals surface area contributed by atoms with Crippen LogP contribution in [-0.4, -0.2) is 56.0 Å². The molecule has 8 heteroatoms. The van der Waals surface area contributed by atoms with Crippen molar-refractivity contribution in [3.05, 3.63) is 33.8 Å². The number of amides is 1. The van der Waals surface area contributed by atoms with Crippen molar-refractivity contribution >= 4 is 63.5 Å². The second-order valence-electron chi connectivity index (χ2n) is 5.30. The minimum absolute atomic E-state index is 0. The molecule has 0 fully saturated rings. The number of hydrogen-bond donors (Lipinski definition) is 2. The van der Waals surface area contributed by atoms with Gasteiger partial charge in [0.05, 0.1) is 13.1 Å². The van der Waals surface area contributed by atoms with E-state index in [2.05, 4.69) is 56.9 Å². The van der Waals surface area contributed by atoms with Crippen molar-refractivity contribution in [2.45, 2.75) is 13.5 Å². The summed E-state index contributed by atoms with van der Waals surface area (Å²) in [6.45, 7) is 3.68. The molecule has 0 aliphatic heterocycles.